The van der Waals surface area contributed by atoms with Gasteiger partial charge in [0.2, 0.25) is 0 Å². The predicted molar refractivity (Wildman–Crippen MR) is 127 cm³/mol. The highest BCUT2D eigenvalue weighted by atomic mass is 127. The Hall–Kier alpha value is -2.38. The monoisotopic (exact) mass is 487 g/mol. The van der Waals surface area contributed by atoms with Crippen LogP contribution in [-0.2, 0) is 12.0 Å². The van der Waals surface area contributed by atoms with Crippen molar-refractivity contribution in [2.75, 3.05) is 11.9 Å². The first-order valence-electron chi connectivity index (χ1n) is 9.01. The van der Waals surface area contributed by atoms with Crippen LogP contribution in [0, 0.1) is 6.92 Å². The van der Waals surface area contributed by atoms with Crippen LogP contribution in [0.4, 0.5) is 5.69 Å². The number of benzene rings is 3. The molecule has 0 aliphatic heterocycles. The molecule has 0 saturated carbocycles. The van der Waals surface area contributed by atoms with Gasteiger partial charge in [0.25, 0.3) is 0 Å². The van der Waals surface area contributed by atoms with E-state index in [-0.39, 0.29) is 36.5 Å². The van der Waals surface area contributed by atoms with E-state index in [9.17, 15) is 5.11 Å². The second-order valence-corrected chi connectivity index (χ2v) is 6.75. The maximum atomic E-state index is 11.4. The normalized spacial score (nSPS) is 13.3. The lowest BCUT2D eigenvalue weighted by Gasteiger charge is -2.27. The van der Waals surface area contributed by atoms with Gasteiger partial charge in [-0.25, -0.2) is 4.99 Å². The summed E-state index contributed by atoms with van der Waals surface area (Å²) in [6, 6.07) is 27.4. The third-order valence-corrected chi connectivity index (χ3v) is 4.49. The highest BCUT2D eigenvalue weighted by Crippen LogP contribution is 2.26. The number of hydrogen-bond donors (Lipinski definition) is 3. The quantitative estimate of drug-likeness (QED) is 0.273. The minimum atomic E-state index is -1.14. The van der Waals surface area contributed by atoms with Gasteiger partial charge >= 0.3 is 0 Å². The molecule has 0 amide bonds. The number of nitrogens with zero attached hydrogens (tertiary/aromatic N) is 1. The van der Waals surface area contributed by atoms with Gasteiger partial charge in [0.05, 0.1) is 6.54 Å². The first-order chi connectivity index (χ1) is 13.0. The largest absolute Gasteiger partial charge is 0.383 e. The fourth-order valence-corrected chi connectivity index (χ4v) is 2.97. The van der Waals surface area contributed by atoms with Crippen LogP contribution >= 0.6 is 24.0 Å². The minimum absolute atomic E-state index is 0. The highest BCUT2D eigenvalue weighted by Gasteiger charge is 2.29. The molecule has 3 aromatic rings. The zero-order chi connectivity index (χ0) is 19.1. The number of rotatable bonds is 6. The van der Waals surface area contributed by atoms with Crippen molar-refractivity contribution in [2.45, 2.75) is 18.9 Å². The summed E-state index contributed by atoms with van der Waals surface area (Å²) in [5, 5.41) is 14.5. The molecule has 3 rings (SSSR count). The smallest absolute Gasteiger partial charge is 0.193 e. The van der Waals surface area contributed by atoms with E-state index in [1.54, 1.807) is 0 Å². The second-order valence-electron chi connectivity index (χ2n) is 6.75. The summed E-state index contributed by atoms with van der Waals surface area (Å²) in [7, 11) is 0. The summed E-state index contributed by atoms with van der Waals surface area (Å²) < 4.78 is 0. The Kier molecular flexibility index (Phi) is 8.02. The standard InChI is InChI=1S/C23H25N3O.HI/c1-18-12-14-21(15-13-18)26-22(24)25-17-23(27,20-10-6-3-7-11-20)16-19-8-4-2-5-9-19;/h2-15,27H,16-17H2,1H3,(H3,24,25,26);1H. The minimum Gasteiger partial charge on any atom is -0.383 e. The van der Waals surface area contributed by atoms with Gasteiger partial charge in [0.15, 0.2) is 5.96 Å². The molecule has 0 spiro atoms. The van der Waals surface area contributed by atoms with E-state index in [4.69, 9.17) is 5.73 Å². The Balaban J connectivity index is 0.00000280. The third-order valence-electron chi connectivity index (χ3n) is 4.49. The number of hydrogen-bond acceptors (Lipinski definition) is 2. The van der Waals surface area contributed by atoms with Crippen LogP contribution < -0.4 is 11.1 Å². The fraction of sp³-hybridized carbons (Fsp3) is 0.174. The zero-order valence-corrected chi connectivity index (χ0v) is 18.2. The topological polar surface area (TPSA) is 70.6 Å². The summed E-state index contributed by atoms with van der Waals surface area (Å²) in [4.78, 5) is 4.42. The van der Waals surface area contributed by atoms with Crippen molar-refractivity contribution in [3.63, 3.8) is 0 Å². The Morgan fingerprint density at radius 1 is 0.929 bits per heavy atom. The number of nitrogens with one attached hydrogen (secondary N) is 1. The molecule has 146 valence electrons. The molecule has 0 fully saturated rings. The third kappa shape index (κ3) is 6.07. The highest BCUT2D eigenvalue weighted by molar-refractivity contribution is 14.0. The van der Waals surface area contributed by atoms with Crippen LogP contribution in [0.1, 0.15) is 16.7 Å². The lowest BCUT2D eigenvalue weighted by Crippen LogP contribution is -2.34. The lowest BCUT2D eigenvalue weighted by molar-refractivity contribution is 0.0468. The Bertz CT molecular complexity index is 883. The average Bonchev–Trinajstić information content (AvgIpc) is 2.70. The van der Waals surface area contributed by atoms with Crippen LogP contribution in [0.15, 0.2) is 89.9 Å². The maximum absolute atomic E-state index is 11.4. The molecule has 0 saturated heterocycles. The molecule has 1 atom stereocenters. The molecule has 0 aromatic heterocycles. The van der Waals surface area contributed by atoms with E-state index in [1.165, 1.54) is 5.56 Å². The number of guanidine groups is 1. The van der Waals surface area contributed by atoms with Gasteiger partial charge < -0.3 is 16.2 Å². The number of halogens is 1. The van der Waals surface area contributed by atoms with E-state index in [0.29, 0.717) is 6.42 Å². The molecule has 0 aliphatic rings. The Morgan fingerprint density at radius 3 is 2.11 bits per heavy atom. The molecule has 1 unspecified atom stereocenters. The maximum Gasteiger partial charge on any atom is 0.193 e. The molecule has 0 aliphatic carbocycles. The number of anilines is 1. The van der Waals surface area contributed by atoms with Crippen molar-refractivity contribution in [3.8, 4) is 0 Å². The summed E-state index contributed by atoms with van der Waals surface area (Å²) >= 11 is 0. The van der Waals surface area contributed by atoms with Gasteiger partial charge in [-0.05, 0) is 30.2 Å². The SMILES string of the molecule is Cc1ccc(NC(N)=NCC(O)(Cc2ccccc2)c2ccccc2)cc1.I. The van der Waals surface area contributed by atoms with Gasteiger partial charge in [0, 0.05) is 12.1 Å². The van der Waals surface area contributed by atoms with Crippen LogP contribution in [0.5, 0.6) is 0 Å². The first-order valence-corrected chi connectivity index (χ1v) is 9.01. The lowest BCUT2D eigenvalue weighted by atomic mass is 9.87. The Morgan fingerprint density at radius 2 is 1.50 bits per heavy atom. The molecular formula is C23H26IN3O. The molecule has 4 nitrogen and oxygen atoms in total. The van der Waals surface area contributed by atoms with Crippen LogP contribution in [0.2, 0.25) is 0 Å². The molecule has 0 bridgehead atoms. The van der Waals surface area contributed by atoms with Crippen LogP contribution in [0.3, 0.4) is 0 Å². The van der Waals surface area contributed by atoms with Gasteiger partial charge in [-0.15, -0.1) is 24.0 Å². The van der Waals surface area contributed by atoms with Gasteiger partial charge in [0.1, 0.15) is 5.60 Å². The summed E-state index contributed by atoms with van der Waals surface area (Å²) in [6.45, 7) is 2.20. The van der Waals surface area contributed by atoms with Gasteiger partial charge in [-0.2, -0.15) is 0 Å². The van der Waals surface area contributed by atoms with Gasteiger partial charge in [-0.1, -0.05) is 78.4 Å². The average molecular weight is 487 g/mol. The molecule has 4 N–H and O–H groups in total. The fourth-order valence-electron chi connectivity index (χ4n) is 2.97. The van der Waals surface area contributed by atoms with Crippen molar-refractivity contribution < 1.29 is 5.11 Å². The van der Waals surface area contributed by atoms with Crippen molar-refractivity contribution in [3.05, 3.63) is 102 Å². The first kappa shape index (κ1) is 21.9. The van der Waals surface area contributed by atoms with E-state index in [2.05, 4.69) is 10.3 Å². The zero-order valence-electron chi connectivity index (χ0n) is 15.9. The van der Waals surface area contributed by atoms with E-state index in [1.807, 2.05) is 91.9 Å². The van der Waals surface area contributed by atoms with Crippen molar-refractivity contribution in [2.24, 2.45) is 10.7 Å². The number of aliphatic hydroxyl groups is 1. The predicted octanol–water partition coefficient (Wildman–Crippen LogP) is 4.47. The summed E-state index contributed by atoms with van der Waals surface area (Å²) in [5.41, 5.74) is 8.83. The van der Waals surface area contributed by atoms with Crippen molar-refractivity contribution in [1.82, 2.24) is 0 Å². The number of aryl methyl sites for hydroxylation is 1. The van der Waals surface area contributed by atoms with E-state index >= 15 is 0 Å². The number of aliphatic imine (C=N–C) groups is 1. The molecule has 3 aromatic carbocycles. The molecule has 0 heterocycles. The van der Waals surface area contributed by atoms with Crippen molar-refractivity contribution in [1.29, 1.82) is 0 Å². The van der Waals surface area contributed by atoms with E-state index in [0.717, 1.165) is 16.8 Å². The van der Waals surface area contributed by atoms with Crippen LogP contribution in [-0.4, -0.2) is 17.6 Å². The summed E-state index contributed by atoms with van der Waals surface area (Å²) in [6.07, 6.45) is 0.458. The molecule has 0 radical (unpaired) electrons. The van der Waals surface area contributed by atoms with Gasteiger partial charge in [-0.3, -0.25) is 0 Å². The Labute approximate surface area is 183 Å². The van der Waals surface area contributed by atoms with Crippen LogP contribution in [0.25, 0.3) is 0 Å². The molecular weight excluding hydrogens is 461 g/mol. The van der Waals surface area contributed by atoms with Crippen molar-refractivity contribution >= 4 is 35.6 Å². The number of nitrogens with two attached hydrogens (primary N) is 1. The molecule has 28 heavy (non-hydrogen) atoms. The second kappa shape index (κ2) is 10.2. The summed E-state index contributed by atoms with van der Waals surface area (Å²) in [5.74, 6) is 0.279. The van der Waals surface area contributed by atoms with E-state index < -0.39 is 5.60 Å². The molecule has 5 heteroatoms.